The zero-order chi connectivity index (χ0) is 14.4. The van der Waals surface area contributed by atoms with Crippen LogP contribution in [0.25, 0.3) is 0 Å². The van der Waals surface area contributed by atoms with Crippen LogP contribution in [-0.2, 0) is 6.54 Å². The highest BCUT2D eigenvalue weighted by atomic mass is 35.5. The molecule has 1 aliphatic rings. The first-order valence-electron chi connectivity index (χ1n) is 7.12. The molecule has 0 aliphatic heterocycles. The molecule has 2 unspecified atom stereocenters. The molecule has 1 aromatic heterocycles. The van der Waals surface area contributed by atoms with Gasteiger partial charge in [0.05, 0.1) is 19.9 Å². The Bertz CT molecular complexity index is 428. The molecule has 2 atom stereocenters. The summed E-state index contributed by atoms with van der Waals surface area (Å²) in [5.41, 5.74) is 0.882. The number of rotatable bonds is 7. The van der Waals surface area contributed by atoms with E-state index in [4.69, 9.17) is 21.1 Å². The molecule has 1 saturated carbocycles. The molecule has 1 N–H and O–H groups in total. The van der Waals surface area contributed by atoms with Crippen molar-refractivity contribution in [1.29, 1.82) is 0 Å². The van der Waals surface area contributed by atoms with Gasteiger partial charge in [-0.1, -0.05) is 6.42 Å². The van der Waals surface area contributed by atoms with Crippen LogP contribution in [0.15, 0.2) is 12.3 Å². The monoisotopic (exact) mass is 298 g/mol. The Morgan fingerprint density at radius 3 is 2.80 bits per heavy atom. The van der Waals surface area contributed by atoms with E-state index in [1.54, 1.807) is 20.4 Å². The molecule has 0 spiro atoms. The lowest BCUT2D eigenvalue weighted by Crippen LogP contribution is -2.26. The Morgan fingerprint density at radius 1 is 1.30 bits per heavy atom. The molecule has 0 aromatic carbocycles. The topological polar surface area (TPSA) is 43.4 Å². The standard InChI is InChI=1S/C15H23ClN2O2/c1-19-14-6-7-18-13(15(14)20-2)10-17-9-12-5-3-4-11(12)8-16/h6-7,11-12,17H,3-5,8-10H2,1-2H3. The third-order valence-corrected chi connectivity index (χ3v) is 4.48. The Kier molecular flexibility index (Phi) is 5.92. The van der Waals surface area contributed by atoms with Gasteiger partial charge in [0, 0.05) is 24.7 Å². The van der Waals surface area contributed by atoms with Gasteiger partial charge in [0.25, 0.3) is 0 Å². The largest absolute Gasteiger partial charge is 0.493 e. The van der Waals surface area contributed by atoms with Gasteiger partial charge in [0.2, 0.25) is 0 Å². The van der Waals surface area contributed by atoms with Gasteiger partial charge >= 0.3 is 0 Å². The molecule has 0 saturated heterocycles. The molecule has 20 heavy (non-hydrogen) atoms. The van der Waals surface area contributed by atoms with Gasteiger partial charge in [-0.05, 0) is 31.2 Å². The highest BCUT2D eigenvalue weighted by Crippen LogP contribution is 2.32. The molecule has 4 nitrogen and oxygen atoms in total. The van der Waals surface area contributed by atoms with Gasteiger partial charge in [0.1, 0.15) is 0 Å². The molecule has 0 amide bonds. The summed E-state index contributed by atoms with van der Waals surface area (Å²) in [7, 11) is 3.28. The average molecular weight is 299 g/mol. The molecule has 1 fully saturated rings. The lowest BCUT2D eigenvalue weighted by molar-refractivity contribution is 0.345. The van der Waals surface area contributed by atoms with Crippen LogP contribution in [-0.4, -0.2) is 31.6 Å². The molecule has 1 aliphatic carbocycles. The number of nitrogens with zero attached hydrogens (tertiary/aromatic N) is 1. The first kappa shape index (κ1) is 15.4. The Morgan fingerprint density at radius 2 is 2.10 bits per heavy atom. The van der Waals surface area contributed by atoms with Crippen molar-refractivity contribution in [2.24, 2.45) is 11.8 Å². The zero-order valence-electron chi connectivity index (χ0n) is 12.2. The van der Waals surface area contributed by atoms with Crippen molar-refractivity contribution in [2.45, 2.75) is 25.8 Å². The van der Waals surface area contributed by atoms with Crippen molar-refractivity contribution < 1.29 is 9.47 Å². The maximum absolute atomic E-state index is 6.01. The summed E-state index contributed by atoms with van der Waals surface area (Å²) < 4.78 is 10.7. The fourth-order valence-electron chi connectivity index (χ4n) is 2.94. The summed E-state index contributed by atoms with van der Waals surface area (Å²) in [6, 6.07) is 1.81. The molecule has 5 heteroatoms. The van der Waals surface area contributed by atoms with Crippen molar-refractivity contribution in [1.82, 2.24) is 10.3 Å². The fraction of sp³-hybridized carbons (Fsp3) is 0.667. The van der Waals surface area contributed by atoms with E-state index in [9.17, 15) is 0 Å². The number of ether oxygens (including phenoxy) is 2. The molecule has 112 valence electrons. The summed E-state index contributed by atoms with van der Waals surface area (Å²) in [4.78, 5) is 4.37. The molecular formula is C15H23ClN2O2. The summed E-state index contributed by atoms with van der Waals surface area (Å²) >= 11 is 6.01. The third-order valence-electron chi connectivity index (χ3n) is 4.08. The van der Waals surface area contributed by atoms with Crippen LogP contribution in [0.3, 0.4) is 0 Å². The zero-order valence-corrected chi connectivity index (χ0v) is 12.9. The van der Waals surface area contributed by atoms with E-state index >= 15 is 0 Å². The van der Waals surface area contributed by atoms with Gasteiger partial charge in [-0.3, -0.25) is 4.98 Å². The minimum Gasteiger partial charge on any atom is -0.493 e. The first-order chi connectivity index (χ1) is 9.80. The van der Waals surface area contributed by atoms with Crippen LogP contribution in [0.5, 0.6) is 11.5 Å². The smallest absolute Gasteiger partial charge is 0.183 e. The second-order valence-electron chi connectivity index (χ2n) is 5.23. The van der Waals surface area contributed by atoms with E-state index in [1.807, 2.05) is 6.07 Å². The average Bonchev–Trinajstić information content (AvgIpc) is 2.94. The minimum atomic E-state index is 0.657. The minimum absolute atomic E-state index is 0.657. The Labute approximate surface area is 125 Å². The number of pyridine rings is 1. The second kappa shape index (κ2) is 7.70. The summed E-state index contributed by atoms with van der Waals surface area (Å²) in [6.07, 6.45) is 5.57. The Hall–Kier alpha value is -1.00. The lowest BCUT2D eigenvalue weighted by Gasteiger charge is -2.18. The van der Waals surface area contributed by atoms with Crippen LogP contribution >= 0.6 is 11.6 Å². The van der Waals surface area contributed by atoms with Crippen molar-refractivity contribution >= 4 is 11.6 Å². The maximum Gasteiger partial charge on any atom is 0.183 e. The molecule has 1 heterocycles. The van der Waals surface area contributed by atoms with E-state index < -0.39 is 0 Å². The van der Waals surface area contributed by atoms with E-state index in [1.165, 1.54) is 19.3 Å². The summed E-state index contributed by atoms with van der Waals surface area (Å²) in [5, 5.41) is 3.48. The van der Waals surface area contributed by atoms with E-state index in [-0.39, 0.29) is 0 Å². The van der Waals surface area contributed by atoms with Gasteiger partial charge < -0.3 is 14.8 Å². The van der Waals surface area contributed by atoms with Crippen LogP contribution in [0, 0.1) is 11.8 Å². The number of aromatic nitrogens is 1. The molecule has 0 bridgehead atoms. The number of hydrogen-bond acceptors (Lipinski definition) is 4. The second-order valence-corrected chi connectivity index (χ2v) is 5.54. The highest BCUT2D eigenvalue weighted by Gasteiger charge is 2.26. The third kappa shape index (κ3) is 3.55. The van der Waals surface area contributed by atoms with Gasteiger partial charge in [-0.2, -0.15) is 0 Å². The highest BCUT2D eigenvalue weighted by molar-refractivity contribution is 6.18. The predicted molar refractivity (Wildman–Crippen MR) is 80.6 cm³/mol. The van der Waals surface area contributed by atoms with Crippen molar-refractivity contribution in [2.75, 3.05) is 26.6 Å². The van der Waals surface area contributed by atoms with Gasteiger partial charge in [-0.25, -0.2) is 0 Å². The van der Waals surface area contributed by atoms with Gasteiger partial charge in [0.15, 0.2) is 11.5 Å². The Balaban J connectivity index is 1.91. The number of hydrogen-bond donors (Lipinski definition) is 1. The van der Waals surface area contributed by atoms with E-state index in [0.717, 1.165) is 23.9 Å². The first-order valence-corrected chi connectivity index (χ1v) is 7.66. The number of halogens is 1. The van der Waals surface area contributed by atoms with Crippen molar-refractivity contribution in [3.05, 3.63) is 18.0 Å². The van der Waals surface area contributed by atoms with Gasteiger partial charge in [-0.15, -0.1) is 11.6 Å². The molecular weight excluding hydrogens is 276 g/mol. The summed E-state index contributed by atoms with van der Waals surface area (Å²) in [5.74, 6) is 3.54. The van der Waals surface area contributed by atoms with Crippen LogP contribution in [0.4, 0.5) is 0 Å². The van der Waals surface area contributed by atoms with Crippen molar-refractivity contribution in [3.8, 4) is 11.5 Å². The van der Waals surface area contributed by atoms with E-state index in [0.29, 0.717) is 24.1 Å². The van der Waals surface area contributed by atoms with Crippen LogP contribution < -0.4 is 14.8 Å². The maximum atomic E-state index is 6.01. The quantitative estimate of drug-likeness (QED) is 0.786. The molecule has 2 rings (SSSR count). The van der Waals surface area contributed by atoms with Crippen LogP contribution in [0.2, 0.25) is 0 Å². The number of nitrogens with one attached hydrogen (secondary N) is 1. The number of alkyl halides is 1. The van der Waals surface area contributed by atoms with Crippen molar-refractivity contribution in [3.63, 3.8) is 0 Å². The normalized spacial score (nSPS) is 21.9. The number of methoxy groups -OCH3 is 2. The summed E-state index contributed by atoms with van der Waals surface area (Å²) in [6.45, 7) is 1.67. The predicted octanol–water partition coefficient (Wildman–Crippen LogP) is 2.84. The van der Waals surface area contributed by atoms with Crippen LogP contribution in [0.1, 0.15) is 25.0 Å². The fourth-order valence-corrected chi connectivity index (χ4v) is 3.34. The lowest BCUT2D eigenvalue weighted by atomic mass is 9.98. The molecule has 0 radical (unpaired) electrons. The molecule has 1 aromatic rings. The van der Waals surface area contributed by atoms with E-state index in [2.05, 4.69) is 10.3 Å². The SMILES string of the molecule is COc1ccnc(CNCC2CCCC2CCl)c1OC.